The van der Waals surface area contributed by atoms with Crippen molar-refractivity contribution in [2.75, 3.05) is 19.8 Å². The van der Waals surface area contributed by atoms with Crippen LogP contribution in [0, 0.1) is 0 Å². The summed E-state index contributed by atoms with van der Waals surface area (Å²) in [6.07, 6.45) is -7.38. The van der Waals surface area contributed by atoms with Crippen molar-refractivity contribution in [2.45, 2.75) is 240 Å². The van der Waals surface area contributed by atoms with Crippen LogP contribution in [0.2, 0.25) is 0 Å². The molecule has 0 aromatic rings. The van der Waals surface area contributed by atoms with E-state index >= 15 is 0 Å². The molecular weight excluding hydrogens is 808 g/mol. The molecule has 0 radical (unpaired) electrons. The highest BCUT2D eigenvalue weighted by atomic mass is 16.8. The van der Waals surface area contributed by atoms with E-state index in [4.69, 9.17) is 33.5 Å². The monoisotopic (exact) mass is 887 g/mol. The molecule has 3 aliphatic heterocycles. The van der Waals surface area contributed by atoms with Crippen molar-refractivity contribution >= 4 is 5.97 Å². The van der Waals surface area contributed by atoms with Crippen LogP contribution in [-0.4, -0.2) is 191 Å². The van der Waals surface area contributed by atoms with E-state index in [1.54, 1.807) is 0 Å². The molecule has 3 saturated heterocycles. The molecule has 360 valence electrons. The summed E-state index contributed by atoms with van der Waals surface area (Å²) >= 11 is 0. The normalized spacial score (nSPS) is 34.2. The fraction of sp³-hybridized carbons (Fsp3) is 0.976. The summed E-state index contributed by atoms with van der Waals surface area (Å²) in [4.78, 5) is 10.7. The summed E-state index contributed by atoms with van der Waals surface area (Å²) in [7, 11) is 0. The van der Waals surface area contributed by atoms with E-state index < -0.39 is 124 Å². The molecule has 0 spiro atoms. The van der Waals surface area contributed by atoms with Crippen molar-refractivity contribution in [2.24, 2.45) is 0 Å². The number of aliphatic carboxylic acids is 1. The number of aliphatic hydroxyl groups is 11. The molecule has 0 aromatic heterocycles. The van der Waals surface area contributed by atoms with Gasteiger partial charge < -0.3 is 89.7 Å². The van der Waals surface area contributed by atoms with Crippen LogP contribution in [0.4, 0.5) is 0 Å². The number of rotatable bonds is 31. The number of hydrogen-bond donors (Lipinski definition) is 12. The molecule has 3 aliphatic rings. The second-order valence-electron chi connectivity index (χ2n) is 17.1. The van der Waals surface area contributed by atoms with E-state index in [-0.39, 0.29) is 6.61 Å². The predicted octanol–water partition coefficient (Wildman–Crippen LogP) is 0.0873. The van der Waals surface area contributed by atoms with Crippen molar-refractivity contribution in [3.8, 4) is 0 Å². The summed E-state index contributed by atoms with van der Waals surface area (Å²) in [6.45, 7) is 0.605. The predicted molar refractivity (Wildman–Crippen MR) is 216 cm³/mol. The number of aliphatic hydroxyl groups excluding tert-OH is 11. The smallest absolute Gasteiger partial charge is 0.332 e. The largest absolute Gasteiger partial charge is 0.479 e. The first kappa shape index (κ1) is 54.1. The van der Waals surface area contributed by atoms with E-state index in [9.17, 15) is 61.0 Å². The first-order valence-electron chi connectivity index (χ1n) is 22.7. The number of unbranched alkanes of at least 4 members (excludes halogenated alkanes) is 12. The number of hydrogen-bond acceptors (Lipinski definition) is 18. The molecule has 0 aromatic carbocycles. The van der Waals surface area contributed by atoms with Gasteiger partial charge in [0.05, 0.1) is 38.1 Å². The fourth-order valence-corrected chi connectivity index (χ4v) is 7.98. The van der Waals surface area contributed by atoms with E-state index in [1.165, 1.54) is 0 Å². The number of carbonyl (C=O) groups is 1. The minimum atomic E-state index is -1.84. The molecule has 0 saturated carbocycles. The standard InChI is InChI=1S/C42H78O19/c1-2-3-13-17-25(18-16-21-27(45)26(44)19-14-11-9-7-5-4-6-8-10-12-15-20-28(46)39(54)55)58-41-37(32(49)29(47)23-56-41)61-42-38(33(50)30(48)24-57-42)60-40-36(53)35(52)34(51)31(22-43)59-40/h25-38,40-53H,2-24H2,1H3,(H,54,55). The molecule has 17 unspecified atom stereocenters. The maximum atomic E-state index is 11.1. The van der Waals surface area contributed by atoms with Gasteiger partial charge in [0.2, 0.25) is 0 Å². The maximum Gasteiger partial charge on any atom is 0.332 e. The van der Waals surface area contributed by atoms with E-state index in [0.29, 0.717) is 44.9 Å². The van der Waals surface area contributed by atoms with Gasteiger partial charge in [0.15, 0.2) is 25.0 Å². The molecule has 12 N–H and O–H groups in total. The minimum absolute atomic E-state index is 0.290. The minimum Gasteiger partial charge on any atom is -0.479 e. The molecule has 0 aliphatic carbocycles. The zero-order valence-corrected chi connectivity index (χ0v) is 35.8. The third-order valence-electron chi connectivity index (χ3n) is 12.0. The first-order chi connectivity index (χ1) is 29.2. The lowest BCUT2D eigenvalue weighted by Crippen LogP contribution is -2.64. The summed E-state index contributed by atoms with van der Waals surface area (Å²) in [5, 5.41) is 123. The van der Waals surface area contributed by atoms with E-state index in [0.717, 1.165) is 83.5 Å². The summed E-state index contributed by atoms with van der Waals surface area (Å²) in [5.41, 5.74) is 0. The van der Waals surface area contributed by atoms with Gasteiger partial charge in [-0.25, -0.2) is 4.79 Å². The number of carboxylic acid groups (broad SMARTS) is 1. The van der Waals surface area contributed by atoms with Crippen LogP contribution >= 0.6 is 0 Å². The third kappa shape index (κ3) is 18.3. The van der Waals surface area contributed by atoms with Crippen LogP contribution in [0.15, 0.2) is 0 Å². The van der Waals surface area contributed by atoms with Gasteiger partial charge in [-0.1, -0.05) is 96.8 Å². The van der Waals surface area contributed by atoms with E-state index in [2.05, 4.69) is 6.92 Å². The Hall–Kier alpha value is -1.21. The Balaban J connectivity index is 1.46. The SMILES string of the molecule is CCCCCC(CCCC(O)C(O)CCCCCCCCCCCCCC(O)C(=O)O)OC1OCC(O)C(O)C1OC1OCC(O)C(O)C1OC1OC(CO)C(O)C(O)C1O. The molecule has 3 heterocycles. The summed E-state index contributed by atoms with van der Waals surface area (Å²) < 4.78 is 35.1. The molecule has 17 atom stereocenters. The molecule has 19 heteroatoms. The van der Waals surface area contributed by atoms with Gasteiger partial charge in [-0.05, 0) is 38.5 Å². The van der Waals surface area contributed by atoms with Gasteiger partial charge in [0, 0.05) is 0 Å². The lowest BCUT2D eigenvalue weighted by Gasteiger charge is -2.46. The molecule has 0 amide bonds. The number of ether oxygens (including phenoxy) is 6. The quantitative estimate of drug-likeness (QED) is 0.0411. The lowest BCUT2D eigenvalue weighted by molar-refractivity contribution is -0.380. The van der Waals surface area contributed by atoms with Gasteiger partial charge in [-0.3, -0.25) is 0 Å². The van der Waals surface area contributed by atoms with Crippen LogP contribution in [0.25, 0.3) is 0 Å². The Morgan fingerprint density at radius 2 is 1.02 bits per heavy atom. The second kappa shape index (κ2) is 29.4. The van der Waals surface area contributed by atoms with Crippen LogP contribution < -0.4 is 0 Å². The molecule has 0 bridgehead atoms. The Kier molecular flexibility index (Phi) is 26.0. The average Bonchev–Trinajstić information content (AvgIpc) is 3.24. The van der Waals surface area contributed by atoms with Crippen LogP contribution in [0.1, 0.15) is 135 Å². The van der Waals surface area contributed by atoms with Crippen LogP contribution in [-0.2, 0) is 33.2 Å². The summed E-state index contributed by atoms with van der Waals surface area (Å²) in [5.74, 6) is -1.17. The van der Waals surface area contributed by atoms with Crippen molar-refractivity contribution < 1.29 is 94.5 Å². The van der Waals surface area contributed by atoms with Gasteiger partial charge in [0.25, 0.3) is 0 Å². The Morgan fingerprint density at radius 1 is 0.557 bits per heavy atom. The highest BCUT2D eigenvalue weighted by molar-refractivity contribution is 5.71. The van der Waals surface area contributed by atoms with Crippen molar-refractivity contribution in [3.63, 3.8) is 0 Å². The van der Waals surface area contributed by atoms with Crippen LogP contribution in [0.3, 0.4) is 0 Å². The van der Waals surface area contributed by atoms with Crippen molar-refractivity contribution in [1.29, 1.82) is 0 Å². The topological polar surface area (TPSA) is 315 Å². The highest BCUT2D eigenvalue weighted by Crippen LogP contribution is 2.32. The fourth-order valence-electron chi connectivity index (χ4n) is 7.98. The first-order valence-corrected chi connectivity index (χ1v) is 22.7. The summed E-state index contributed by atoms with van der Waals surface area (Å²) in [6, 6.07) is 0. The molecule has 3 rings (SSSR count). The Morgan fingerprint density at radius 3 is 1.56 bits per heavy atom. The van der Waals surface area contributed by atoms with Gasteiger partial charge in [-0.15, -0.1) is 0 Å². The number of carboxylic acids is 1. The van der Waals surface area contributed by atoms with Gasteiger partial charge >= 0.3 is 5.97 Å². The third-order valence-corrected chi connectivity index (χ3v) is 12.0. The maximum absolute atomic E-state index is 11.1. The van der Waals surface area contributed by atoms with Crippen LogP contribution in [0.5, 0.6) is 0 Å². The van der Waals surface area contributed by atoms with Crippen molar-refractivity contribution in [1.82, 2.24) is 0 Å². The Bertz CT molecular complexity index is 1150. The molecule has 19 nitrogen and oxygen atoms in total. The van der Waals surface area contributed by atoms with Crippen molar-refractivity contribution in [3.05, 3.63) is 0 Å². The lowest BCUT2D eigenvalue weighted by atomic mass is 9.98. The molecular formula is C42H78O19. The zero-order chi connectivity index (χ0) is 44.9. The average molecular weight is 887 g/mol. The highest BCUT2D eigenvalue weighted by Gasteiger charge is 2.51. The van der Waals surface area contributed by atoms with Gasteiger partial charge in [0.1, 0.15) is 61.0 Å². The molecule has 61 heavy (non-hydrogen) atoms. The van der Waals surface area contributed by atoms with E-state index in [1.807, 2.05) is 0 Å². The second-order valence-corrected chi connectivity index (χ2v) is 17.1. The molecule has 3 fully saturated rings. The van der Waals surface area contributed by atoms with Gasteiger partial charge in [-0.2, -0.15) is 0 Å². The Labute approximate surface area is 359 Å². The zero-order valence-electron chi connectivity index (χ0n) is 35.8.